The molecule has 1 aromatic heterocycles. The Kier molecular flexibility index (Phi) is 7.68. The summed E-state index contributed by atoms with van der Waals surface area (Å²) in [6.45, 7) is 10.5. The van der Waals surface area contributed by atoms with Gasteiger partial charge in [0.25, 0.3) is 11.8 Å². The van der Waals surface area contributed by atoms with E-state index in [0.29, 0.717) is 29.6 Å². The van der Waals surface area contributed by atoms with E-state index in [4.69, 9.17) is 0 Å². The molecule has 5 nitrogen and oxygen atoms in total. The molecule has 1 atom stereocenters. The minimum Gasteiger partial charge on any atom is -0.336 e. The van der Waals surface area contributed by atoms with Gasteiger partial charge in [-0.1, -0.05) is 63.2 Å². The summed E-state index contributed by atoms with van der Waals surface area (Å²) in [7, 11) is 0. The van der Waals surface area contributed by atoms with E-state index in [1.54, 1.807) is 12.1 Å². The molecule has 2 heterocycles. The summed E-state index contributed by atoms with van der Waals surface area (Å²) in [5, 5.41) is 3.47. The number of nitrogens with zero attached hydrogens (tertiary/aromatic N) is 2. The molecule has 0 bridgehead atoms. The zero-order valence-electron chi connectivity index (χ0n) is 22.4. The number of amides is 2. The van der Waals surface area contributed by atoms with Crippen molar-refractivity contribution < 1.29 is 14.0 Å². The highest BCUT2D eigenvalue weighted by molar-refractivity contribution is 7.17. The Balaban J connectivity index is 1.38. The van der Waals surface area contributed by atoms with Crippen molar-refractivity contribution in [1.82, 2.24) is 9.80 Å². The van der Waals surface area contributed by atoms with Crippen molar-refractivity contribution in [3.05, 3.63) is 87.5 Å². The fourth-order valence-corrected chi connectivity index (χ4v) is 6.88. The number of piperazine rings is 1. The van der Waals surface area contributed by atoms with E-state index >= 15 is 0 Å². The molecular formula is C31H36FN3O2S. The van der Waals surface area contributed by atoms with Gasteiger partial charge in [0.15, 0.2) is 0 Å². The Bertz CT molecular complexity index is 1310. The number of rotatable bonds is 5. The first-order valence-electron chi connectivity index (χ1n) is 13.5. The van der Waals surface area contributed by atoms with Crippen molar-refractivity contribution >= 4 is 28.2 Å². The molecule has 0 unspecified atom stereocenters. The summed E-state index contributed by atoms with van der Waals surface area (Å²) in [5.74, 6) is -0.606. The van der Waals surface area contributed by atoms with Crippen LogP contribution in [0.2, 0.25) is 0 Å². The smallest absolute Gasteiger partial charge is 0.259 e. The molecule has 200 valence electrons. The van der Waals surface area contributed by atoms with Gasteiger partial charge in [-0.15, -0.1) is 11.3 Å². The van der Waals surface area contributed by atoms with E-state index in [-0.39, 0.29) is 16.9 Å². The molecule has 38 heavy (non-hydrogen) atoms. The van der Waals surface area contributed by atoms with Crippen LogP contribution in [0.5, 0.6) is 0 Å². The first-order chi connectivity index (χ1) is 18.2. The number of benzene rings is 2. The Morgan fingerprint density at radius 1 is 1.00 bits per heavy atom. The van der Waals surface area contributed by atoms with Crippen molar-refractivity contribution in [3.8, 4) is 0 Å². The summed E-state index contributed by atoms with van der Waals surface area (Å²) in [6, 6.07) is 16.3. The molecule has 2 amide bonds. The maximum Gasteiger partial charge on any atom is 0.259 e. The van der Waals surface area contributed by atoms with Crippen LogP contribution in [-0.4, -0.2) is 47.8 Å². The van der Waals surface area contributed by atoms with Gasteiger partial charge in [-0.25, -0.2) is 4.39 Å². The highest BCUT2D eigenvalue weighted by atomic mass is 32.1. The van der Waals surface area contributed by atoms with Crippen LogP contribution in [0.15, 0.2) is 54.6 Å². The maximum atomic E-state index is 14.4. The summed E-state index contributed by atoms with van der Waals surface area (Å²) in [6.07, 6.45) is 2.72. The van der Waals surface area contributed by atoms with Crippen molar-refractivity contribution in [2.75, 3.05) is 31.5 Å². The minimum atomic E-state index is -0.568. The van der Waals surface area contributed by atoms with Gasteiger partial charge in [0.2, 0.25) is 0 Å². The molecule has 2 aliphatic rings. The van der Waals surface area contributed by atoms with Crippen LogP contribution in [0.4, 0.5) is 9.39 Å². The van der Waals surface area contributed by atoms with Crippen LogP contribution in [0.1, 0.15) is 63.9 Å². The number of anilines is 1. The summed E-state index contributed by atoms with van der Waals surface area (Å²) in [4.78, 5) is 32.5. The number of hydrogen-bond donors (Lipinski definition) is 1. The summed E-state index contributed by atoms with van der Waals surface area (Å²) in [5.41, 5.74) is 3.09. The van der Waals surface area contributed by atoms with Crippen LogP contribution in [0, 0.1) is 17.2 Å². The molecule has 1 N–H and O–H groups in total. The van der Waals surface area contributed by atoms with Gasteiger partial charge >= 0.3 is 0 Å². The first kappa shape index (κ1) is 26.6. The number of carbonyl (C=O) groups is 2. The third-order valence-electron chi connectivity index (χ3n) is 7.96. The van der Waals surface area contributed by atoms with Crippen molar-refractivity contribution in [2.24, 2.45) is 11.3 Å². The maximum absolute atomic E-state index is 14.4. The molecule has 0 spiro atoms. The number of fused-ring (bicyclic) bond motifs is 1. The van der Waals surface area contributed by atoms with Crippen LogP contribution in [-0.2, 0) is 19.4 Å². The topological polar surface area (TPSA) is 52.7 Å². The molecule has 7 heteroatoms. The van der Waals surface area contributed by atoms with Gasteiger partial charge in [-0.3, -0.25) is 14.5 Å². The third-order valence-corrected chi connectivity index (χ3v) is 9.13. The predicted octanol–water partition coefficient (Wildman–Crippen LogP) is 6.25. The Morgan fingerprint density at radius 3 is 2.37 bits per heavy atom. The average Bonchev–Trinajstić information content (AvgIpc) is 3.26. The van der Waals surface area contributed by atoms with Gasteiger partial charge in [0, 0.05) is 37.6 Å². The standard InChI is InChI=1S/C31H36FN3O2S/c1-31(2,3)22-13-14-24-26(19-22)38-29(33-28(36)23-11-7-8-12-25(23)32)27(24)30(37)35-17-15-34(16-18-35)20-21-9-5-4-6-10-21/h4-12,22H,13-20H2,1-3H3,(H,33,36)/t22-/m1/s1. The van der Waals surface area contributed by atoms with Crippen molar-refractivity contribution in [1.29, 1.82) is 0 Å². The Labute approximate surface area is 228 Å². The minimum absolute atomic E-state index is 0.0145. The van der Waals surface area contributed by atoms with Crippen molar-refractivity contribution in [2.45, 2.75) is 46.6 Å². The van der Waals surface area contributed by atoms with Gasteiger partial charge in [0.1, 0.15) is 10.8 Å². The van der Waals surface area contributed by atoms with Crippen LogP contribution >= 0.6 is 11.3 Å². The fourth-order valence-electron chi connectivity index (χ4n) is 5.56. The largest absolute Gasteiger partial charge is 0.336 e. The van der Waals surface area contributed by atoms with E-state index in [9.17, 15) is 14.0 Å². The van der Waals surface area contributed by atoms with Crippen LogP contribution in [0.3, 0.4) is 0 Å². The average molecular weight is 534 g/mol. The van der Waals surface area contributed by atoms with E-state index < -0.39 is 11.7 Å². The van der Waals surface area contributed by atoms with E-state index in [0.717, 1.165) is 44.5 Å². The molecule has 0 radical (unpaired) electrons. The van der Waals surface area contributed by atoms with Gasteiger partial charge < -0.3 is 10.2 Å². The summed E-state index contributed by atoms with van der Waals surface area (Å²) >= 11 is 1.49. The molecule has 0 saturated carbocycles. The highest BCUT2D eigenvalue weighted by Gasteiger charge is 2.36. The lowest BCUT2D eigenvalue weighted by Crippen LogP contribution is -2.48. The molecule has 1 fully saturated rings. The number of halogens is 1. The van der Waals surface area contributed by atoms with E-state index in [1.807, 2.05) is 11.0 Å². The second-order valence-electron chi connectivity index (χ2n) is 11.5. The number of carbonyl (C=O) groups excluding carboxylic acids is 2. The zero-order chi connectivity index (χ0) is 26.9. The lowest BCUT2D eigenvalue weighted by molar-refractivity contribution is 0.0628. The number of hydrogen-bond acceptors (Lipinski definition) is 4. The molecule has 1 aliphatic carbocycles. The lowest BCUT2D eigenvalue weighted by atomic mass is 9.72. The molecule has 3 aromatic rings. The summed E-state index contributed by atoms with van der Waals surface area (Å²) < 4.78 is 14.4. The van der Waals surface area contributed by atoms with Crippen molar-refractivity contribution in [3.63, 3.8) is 0 Å². The molecule has 1 saturated heterocycles. The fraction of sp³-hybridized carbons (Fsp3) is 0.419. The molecular weight excluding hydrogens is 497 g/mol. The molecule has 2 aromatic carbocycles. The van der Waals surface area contributed by atoms with Gasteiger partial charge in [-0.05, 0) is 53.9 Å². The van der Waals surface area contributed by atoms with Gasteiger partial charge in [0.05, 0.1) is 11.1 Å². The lowest BCUT2D eigenvalue weighted by Gasteiger charge is -2.36. The molecule has 1 aliphatic heterocycles. The van der Waals surface area contributed by atoms with Crippen LogP contribution < -0.4 is 5.32 Å². The monoisotopic (exact) mass is 533 g/mol. The van der Waals surface area contributed by atoms with Crippen LogP contribution in [0.25, 0.3) is 0 Å². The second kappa shape index (κ2) is 11.0. The Hall–Kier alpha value is -3.03. The normalized spacial score (nSPS) is 18.2. The second-order valence-corrected chi connectivity index (χ2v) is 12.6. The molecule has 5 rings (SSSR count). The first-order valence-corrected chi connectivity index (χ1v) is 14.3. The Morgan fingerprint density at radius 2 is 1.68 bits per heavy atom. The highest BCUT2D eigenvalue weighted by Crippen LogP contribution is 2.45. The SMILES string of the molecule is CC(C)(C)[C@@H]1CCc2c(sc(NC(=O)c3ccccc3F)c2C(=O)N2CCN(Cc3ccccc3)CC2)C1. The third kappa shape index (κ3) is 5.69. The number of nitrogens with one attached hydrogen (secondary N) is 1. The predicted molar refractivity (Wildman–Crippen MR) is 151 cm³/mol. The van der Waals surface area contributed by atoms with E-state index in [1.165, 1.54) is 33.9 Å². The number of thiophene rings is 1. The zero-order valence-corrected chi connectivity index (χ0v) is 23.2. The van der Waals surface area contributed by atoms with E-state index in [2.05, 4.69) is 55.3 Å². The van der Waals surface area contributed by atoms with Gasteiger partial charge in [-0.2, -0.15) is 0 Å². The quantitative estimate of drug-likeness (QED) is 0.422.